The monoisotopic (exact) mass is 205 g/mol. The van der Waals surface area contributed by atoms with E-state index in [1.807, 2.05) is 6.92 Å². The average molecular weight is 205 g/mol. The van der Waals surface area contributed by atoms with Crippen LogP contribution in [0.25, 0.3) is 0 Å². The zero-order valence-electron chi connectivity index (χ0n) is 8.74. The second-order valence-electron chi connectivity index (χ2n) is 3.44. The normalized spacial score (nSPS) is 15.9. The summed E-state index contributed by atoms with van der Waals surface area (Å²) in [7, 11) is 0. The molecule has 0 aliphatic heterocycles. The molecule has 0 saturated heterocycles. The molecule has 0 fully saturated rings. The topological polar surface area (TPSA) is 122 Å². The Hall–Kier alpha value is -0.240. The quantitative estimate of drug-likeness (QED) is 0.198. The van der Waals surface area contributed by atoms with Crippen LogP contribution in [0.1, 0.15) is 19.8 Å². The molecule has 0 aliphatic rings. The lowest BCUT2D eigenvalue weighted by atomic mass is 10.2. The Labute approximate surface area is 85.2 Å². The van der Waals surface area contributed by atoms with Crippen molar-refractivity contribution in [2.45, 2.75) is 38.3 Å². The highest BCUT2D eigenvalue weighted by atomic mass is 16.3. The van der Waals surface area contributed by atoms with Crippen molar-refractivity contribution in [3.05, 3.63) is 0 Å². The van der Waals surface area contributed by atoms with Crippen LogP contribution in [0.15, 0.2) is 0 Å². The third-order valence-electron chi connectivity index (χ3n) is 1.89. The fourth-order valence-corrected chi connectivity index (χ4v) is 1.16. The predicted molar refractivity (Wildman–Crippen MR) is 57.1 cm³/mol. The van der Waals surface area contributed by atoms with Gasteiger partial charge in [0, 0.05) is 12.6 Å². The van der Waals surface area contributed by atoms with Crippen molar-refractivity contribution in [1.82, 2.24) is 10.6 Å². The van der Waals surface area contributed by atoms with Crippen LogP contribution in [-0.4, -0.2) is 36.8 Å². The van der Waals surface area contributed by atoms with Gasteiger partial charge in [-0.15, -0.1) is 0 Å². The number of nitrogens with one attached hydrogen (secondary N) is 2. The predicted octanol–water partition coefficient (Wildman–Crippen LogP) is -2.19. The van der Waals surface area contributed by atoms with Gasteiger partial charge in [-0.05, 0) is 26.3 Å². The van der Waals surface area contributed by atoms with E-state index in [9.17, 15) is 5.11 Å². The lowest BCUT2D eigenvalue weighted by Gasteiger charge is -2.18. The van der Waals surface area contributed by atoms with Gasteiger partial charge in [0.05, 0.1) is 0 Å². The lowest BCUT2D eigenvalue weighted by Crippen LogP contribution is -2.46. The molecule has 0 aromatic carbocycles. The van der Waals surface area contributed by atoms with Crippen molar-refractivity contribution in [3.63, 3.8) is 0 Å². The summed E-state index contributed by atoms with van der Waals surface area (Å²) in [6.45, 7) is 3.01. The van der Waals surface area contributed by atoms with Crippen molar-refractivity contribution < 1.29 is 5.11 Å². The maximum Gasteiger partial charge on any atom is 0.117 e. The van der Waals surface area contributed by atoms with Crippen LogP contribution >= 0.6 is 0 Å². The van der Waals surface area contributed by atoms with Crippen molar-refractivity contribution in [2.24, 2.45) is 17.2 Å². The van der Waals surface area contributed by atoms with Gasteiger partial charge in [0.1, 0.15) is 12.5 Å². The SMILES string of the molecule is CC(CCCNC(N)N)NC(O)CN. The van der Waals surface area contributed by atoms with Crippen LogP contribution in [-0.2, 0) is 0 Å². The smallest absolute Gasteiger partial charge is 0.117 e. The van der Waals surface area contributed by atoms with Crippen LogP contribution in [0.3, 0.4) is 0 Å². The molecule has 0 amide bonds. The highest BCUT2D eigenvalue weighted by molar-refractivity contribution is 4.64. The van der Waals surface area contributed by atoms with Gasteiger partial charge in [-0.3, -0.25) is 10.6 Å². The first kappa shape index (κ1) is 13.8. The van der Waals surface area contributed by atoms with Gasteiger partial charge in [0.15, 0.2) is 0 Å². The second-order valence-corrected chi connectivity index (χ2v) is 3.44. The molecule has 0 aromatic heterocycles. The maximum atomic E-state index is 9.18. The molecular weight excluding hydrogens is 182 g/mol. The van der Waals surface area contributed by atoms with E-state index in [2.05, 4.69) is 10.6 Å². The van der Waals surface area contributed by atoms with Crippen LogP contribution in [0.2, 0.25) is 0 Å². The Kier molecular flexibility index (Phi) is 7.96. The van der Waals surface area contributed by atoms with E-state index < -0.39 is 12.5 Å². The van der Waals surface area contributed by atoms with Crippen molar-refractivity contribution in [1.29, 1.82) is 0 Å². The van der Waals surface area contributed by atoms with E-state index in [0.29, 0.717) is 0 Å². The molecule has 0 heterocycles. The van der Waals surface area contributed by atoms with Crippen molar-refractivity contribution in [3.8, 4) is 0 Å². The van der Waals surface area contributed by atoms with Gasteiger partial charge in [0.25, 0.3) is 0 Å². The first-order chi connectivity index (χ1) is 6.56. The molecule has 2 atom stereocenters. The Bertz CT molecular complexity index is 133. The molecule has 0 spiro atoms. The summed E-state index contributed by atoms with van der Waals surface area (Å²) in [5.74, 6) is 0. The Morgan fingerprint density at radius 2 is 2.00 bits per heavy atom. The lowest BCUT2D eigenvalue weighted by molar-refractivity contribution is 0.130. The molecule has 14 heavy (non-hydrogen) atoms. The van der Waals surface area contributed by atoms with Gasteiger partial charge in [-0.25, -0.2) is 0 Å². The number of rotatable bonds is 8. The number of aliphatic hydroxyl groups excluding tert-OH is 1. The summed E-state index contributed by atoms with van der Waals surface area (Å²) in [6.07, 6.45) is 0.829. The first-order valence-electron chi connectivity index (χ1n) is 4.95. The summed E-state index contributed by atoms with van der Waals surface area (Å²) in [5, 5.41) is 15.0. The van der Waals surface area contributed by atoms with Gasteiger partial charge in [-0.2, -0.15) is 0 Å². The molecule has 0 bridgehead atoms. The first-order valence-corrected chi connectivity index (χ1v) is 4.95. The van der Waals surface area contributed by atoms with E-state index in [4.69, 9.17) is 17.2 Å². The Morgan fingerprint density at radius 3 is 2.50 bits per heavy atom. The summed E-state index contributed by atoms with van der Waals surface area (Å²) < 4.78 is 0. The molecule has 0 rings (SSSR count). The molecular formula is C8H23N5O. The molecule has 0 radical (unpaired) electrons. The molecule has 2 unspecified atom stereocenters. The average Bonchev–Trinajstić information content (AvgIpc) is 2.12. The minimum Gasteiger partial charge on any atom is -0.377 e. The fraction of sp³-hybridized carbons (Fsp3) is 1.00. The maximum absolute atomic E-state index is 9.18. The summed E-state index contributed by atoms with van der Waals surface area (Å²) >= 11 is 0. The van der Waals surface area contributed by atoms with Gasteiger partial charge >= 0.3 is 0 Å². The number of aliphatic hydroxyl groups is 1. The van der Waals surface area contributed by atoms with Gasteiger partial charge in [-0.1, -0.05) is 0 Å². The van der Waals surface area contributed by atoms with Crippen LogP contribution in [0.5, 0.6) is 0 Å². The molecule has 6 heteroatoms. The molecule has 6 nitrogen and oxygen atoms in total. The molecule has 0 aromatic rings. The van der Waals surface area contributed by atoms with E-state index in [0.717, 1.165) is 19.4 Å². The summed E-state index contributed by atoms with van der Waals surface area (Å²) in [5.41, 5.74) is 15.9. The van der Waals surface area contributed by atoms with Crippen LogP contribution < -0.4 is 27.8 Å². The van der Waals surface area contributed by atoms with E-state index in [-0.39, 0.29) is 12.6 Å². The molecule has 86 valence electrons. The number of hydrogen-bond acceptors (Lipinski definition) is 6. The largest absolute Gasteiger partial charge is 0.377 e. The number of nitrogens with two attached hydrogens (primary N) is 3. The van der Waals surface area contributed by atoms with Crippen molar-refractivity contribution in [2.75, 3.05) is 13.1 Å². The standard InChI is InChI=1S/C8H23N5O/c1-6(13-7(14)5-9)3-2-4-12-8(10)11/h6-8,12-14H,2-5,9-11H2,1H3. The minimum absolute atomic E-state index is 0.232. The Balaban J connectivity index is 3.30. The Morgan fingerprint density at radius 1 is 1.36 bits per heavy atom. The fourth-order valence-electron chi connectivity index (χ4n) is 1.16. The molecule has 9 N–H and O–H groups in total. The van der Waals surface area contributed by atoms with Crippen LogP contribution in [0.4, 0.5) is 0 Å². The number of hydrogen-bond donors (Lipinski definition) is 6. The van der Waals surface area contributed by atoms with E-state index in [1.165, 1.54) is 0 Å². The zero-order chi connectivity index (χ0) is 11.0. The highest BCUT2D eigenvalue weighted by Gasteiger charge is 2.06. The zero-order valence-corrected chi connectivity index (χ0v) is 8.74. The third kappa shape index (κ3) is 8.36. The summed E-state index contributed by atoms with van der Waals surface area (Å²) in [4.78, 5) is 0. The van der Waals surface area contributed by atoms with E-state index >= 15 is 0 Å². The van der Waals surface area contributed by atoms with Crippen molar-refractivity contribution >= 4 is 0 Å². The van der Waals surface area contributed by atoms with Gasteiger partial charge in [0.2, 0.25) is 0 Å². The van der Waals surface area contributed by atoms with Gasteiger partial charge < -0.3 is 22.3 Å². The highest BCUT2D eigenvalue weighted by Crippen LogP contribution is 1.95. The van der Waals surface area contributed by atoms with E-state index in [1.54, 1.807) is 0 Å². The second kappa shape index (κ2) is 8.10. The molecule has 0 aliphatic carbocycles. The minimum atomic E-state index is -0.616. The van der Waals surface area contributed by atoms with Crippen LogP contribution in [0, 0.1) is 0 Å². The summed E-state index contributed by atoms with van der Waals surface area (Å²) in [6, 6.07) is 0.240. The molecule has 0 saturated carbocycles. The third-order valence-corrected chi connectivity index (χ3v) is 1.89.